The van der Waals surface area contributed by atoms with Crippen LogP contribution in [0.15, 0.2) is 58.8 Å². The summed E-state index contributed by atoms with van der Waals surface area (Å²) in [6, 6.07) is 9.10. The standard InChI is InChI=1S/C20H13F3N4O2S/c1-27-16(11-4-2-5-12(10-11)20(21,22)23)25-15-13(6-3-7-14(15)18(27)29)17(28)26-19-24-8-9-30-19/h2-10H,1H3,(H,24,26,28). The van der Waals surface area contributed by atoms with Crippen LogP contribution in [0.5, 0.6) is 0 Å². The second kappa shape index (κ2) is 7.38. The lowest BCUT2D eigenvalue weighted by Crippen LogP contribution is -2.22. The normalized spacial score (nSPS) is 11.6. The maximum absolute atomic E-state index is 13.1. The van der Waals surface area contributed by atoms with E-state index in [2.05, 4.69) is 15.3 Å². The van der Waals surface area contributed by atoms with Crippen LogP contribution in [0.25, 0.3) is 22.3 Å². The fourth-order valence-electron chi connectivity index (χ4n) is 3.02. The van der Waals surface area contributed by atoms with E-state index in [0.29, 0.717) is 5.13 Å². The van der Waals surface area contributed by atoms with Crippen molar-refractivity contribution in [3.05, 3.63) is 75.5 Å². The number of nitrogens with zero attached hydrogens (tertiary/aromatic N) is 3. The Hall–Kier alpha value is -3.53. The van der Waals surface area contributed by atoms with Crippen molar-refractivity contribution in [2.45, 2.75) is 6.18 Å². The minimum atomic E-state index is -4.54. The Kier molecular flexibility index (Phi) is 4.86. The lowest BCUT2D eigenvalue weighted by Gasteiger charge is -2.13. The molecule has 2 aromatic heterocycles. The molecular weight excluding hydrogens is 417 g/mol. The predicted molar refractivity (Wildman–Crippen MR) is 107 cm³/mol. The third kappa shape index (κ3) is 3.57. The first-order chi connectivity index (χ1) is 14.3. The molecule has 1 N–H and O–H groups in total. The van der Waals surface area contributed by atoms with Crippen LogP contribution in [0.1, 0.15) is 15.9 Å². The molecular formula is C20H13F3N4O2S. The number of amides is 1. The van der Waals surface area contributed by atoms with Crippen molar-refractivity contribution in [2.24, 2.45) is 7.05 Å². The Balaban J connectivity index is 1.90. The van der Waals surface area contributed by atoms with Gasteiger partial charge in [-0.1, -0.05) is 18.2 Å². The van der Waals surface area contributed by atoms with Crippen molar-refractivity contribution < 1.29 is 18.0 Å². The van der Waals surface area contributed by atoms with Gasteiger partial charge in [0.1, 0.15) is 5.82 Å². The Morgan fingerprint density at radius 2 is 1.93 bits per heavy atom. The molecule has 1 amide bonds. The van der Waals surface area contributed by atoms with Crippen LogP contribution in [0, 0.1) is 0 Å². The third-order valence-electron chi connectivity index (χ3n) is 4.45. The van der Waals surface area contributed by atoms with E-state index < -0.39 is 23.2 Å². The molecule has 0 saturated carbocycles. The van der Waals surface area contributed by atoms with Crippen molar-refractivity contribution in [3.63, 3.8) is 0 Å². The molecule has 0 spiro atoms. The van der Waals surface area contributed by atoms with Crippen LogP contribution in [0.2, 0.25) is 0 Å². The van der Waals surface area contributed by atoms with E-state index >= 15 is 0 Å². The predicted octanol–water partition coefficient (Wildman–Crippen LogP) is 4.33. The number of halogens is 3. The molecule has 2 heterocycles. The van der Waals surface area contributed by atoms with E-state index in [1.165, 1.54) is 53.4 Å². The summed E-state index contributed by atoms with van der Waals surface area (Å²) >= 11 is 1.22. The van der Waals surface area contributed by atoms with Crippen LogP contribution in [-0.2, 0) is 13.2 Å². The number of carbonyl (C=O) groups excluding carboxylic acids is 1. The van der Waals surface area contributed by atoms with Crippen molar-refractivity contribution in [1.29, 1.82) is 0 Å². The van der Waals surface area contributed by atoms with E-state index in [9.17, 15) is 22.8 Å². The molecule has 0 aliphatic heterocycles. The smallest absolute Gasteiger partial charge is 0.298 e. The van der Waals surface area contributed by atoms with Crippen LogP contribution in [0.4, 0.5) is 18.3 Å². The molecule has 2 aromatic carbocycles. The number of para-hydroxylation sites is 1. The third-order valence-corrected chi connectivity index (χ3v) is 5.14. The number of aromatic nitrogens is 3. The van der Waals surface area contributed by atoms with Gasteiger partial charge in [-0.05, 0) is 24.3 Å². The summed E-state index contributed by atoms with van der Waals surface area (Å²) in [5.41, 5.74) is -1.00. The van der Waals surface area contributed by atoms with E-state index in [1.807, 2.05) is 0 Å². The summed E-state index contributed by atoms with van der Waals surface area (Å²) < 4.78 is 40.5. The Morgan fingerprint density at radius 1 is 1.17 bits per heavy atom. The van der Waals surface area contributed by atoms with Crippen molar-refractivity contribution in [3.8, 4) is 11.4 Å². The zero-order valence-electron chi connectivity index (χ0n) is 15.4. The Bertz CT molecular complexity index is 1310. The average molecular weight is 430 g/mol. The summed E-state index contributed by atoms with van der Waals surface area (Å²) in [4.78, 5) is 34.0. The van der Waals surface area contributed by atoms with E-state index in [1.54, 1.807) is 11.4 Å². The minimum Gasteiger partial charge on any atom is -0.298 e. The molecule has 0 saturated heterocycles. The molecule has 0 aliphatic rings. The summed E-state index contributed by atoms with van der Waals surface area (Å²) in [5.74, 6) is -0.501. The number of rotatable bonds is 3. The molecule has 152 valence electrons. The maximum atomic E-state index is 13.1. The first-order valence-corrected chi connectivity index (χ1v) is 9.52. The van der Waals surface area contributed by atoms with Gasteiger partial charge < -0.3 is 0 Å². The summed E-state index contributed by atoms with van der Waals surface area (Å²) in [7, 11) is 1.42. The monoisotopic (exact) mass is 430 g/mol. The van der Waals surface area contributed by atoms with E-state index in [4.69, 9.17) is 0 Å². The van der Waals surface area contributed by atoms with Crippen LogP contribution in [0.3, 0.4) is 0 Å². The van der Waals surface area contributed by atoms with Gasteiger partial charge in [-0.25, -0.2) is 9.97 Å². The van der Waals surface area contributed by atoms with E-state index in [0.717, 1.165) is 12.1 Å². The average Bonchev–Trinajstić information content (AvgIpc) is 3.22. The molecule has 6 nitrogen and oxygen atoms in total. The van der Waals surface area contributed by atoms with Gasteiger partial charge >= 0.3 is 6.18 Å². The number of thiazole rings is 1. The van der Waals surface area contributed by atoms with Gasteiger partial charge in [-0.15, -0.1) is 11.3 Å². The molecule has 10 heteroatoms. The van der Waals surface area contributed by atoms with Crippen molar-refractivity contribution >= 4 is 33.3 Å². The van der Waals surface area contributed by atoms with Gasteiger partial charge in [0.05, 0.1) is 22.0 Å². The highest BCUT2D eigenvalue weighted by molar-refractivity contribution is 7.13. The maximum Gasteiger partial charge on any atom is 0.416 e. The molecule has 4 aromatic rings. The number of fused-ring (bicyclic) bond motifs is 1. The lowest BCUT2D eigenvalue weighted by atomic mass is 10.1. The largest absolute Gasteiger partial charge is 0.416 e. The first-order valence-electron chi connectivity index (χ1n) is 8.64. The molecule has 0 aliphatic carbocycles. The highest BCUT2D eigenvalue weighted by Gasteiger charge is 2.31. The molecule has 4 rings (SSSR count). The highest BCUT2D eigenvalue weighted by atomic mass is 32.1. The SMILES string of the molecule is Cn1c(-c2cccc(C(F)(F)F)c2)nc2c(C(=O)Nc3nccs3)cccc2c1=O. The number of carbonyl (C=O) groups is 1. The van der Waals surface area contributed by atoms with Crippen molar-refractivity contribution in [2.75, 3.05) is 5.32 Å². The summed E-state index contributed by atoms with van der Waals surface area (Å²) in [6.45, 7) is 0. The minimum absolute atomic E-state index is 0.0214. The van der Waals surface area contributed by atoms with Gasteiger partial charge in [0.2, 0.25) is 0 Å². The van der Waals surface area contributed by atoms with Crippen LogP contribution >= 0.6 is 11.3 Å². The summed E-state index contributed by atoms with van der Waals surface area (Å²) in [5, 5.41) is 4.87. The molecule has 0 fully saturated rings. The van der Waals surface area contributed by atoms with Crippen LogP contribution < -0.4 is 10.9 Å². The fourth-order valence-corrected chi connectivity index (χ4v) is 3.54. The number of nitrogens with one attached hydrogen (secondary N) is 1. The molecule has 0 atom stereocenters. The van der Waals surface area contributed by atoms with Gasteiger partial charge in [0.25, 0.3) is 11.5 Å². The molecule has 0 bridgehead atoms. The number of hydrogen-bond acceptors (Lipinski definition) is 5. The Labute approximate surface area is 171 Å². The number of hydrogen-bond donors (Lipinski definition) is 1. The highest BCUT2D eigenvalue weighted by Crippen LogP contribution is 2.32. The number of anilines is 1. The van der Waals surface area contributed by atoms with Crippen molar-refractivity contribution in [1.82, 2.24) is 14.5 Å². The molecule has 0 radical (unpaired) electrons. The Morgan fingerprint density at radius 3 is 2.63 bits per heavy atom. The van der Waals surface area contributed by atoms with Crippen LogP contribution in [-0.4, -0.2) is 20.4 Å². The first kappa shape index (κ1) is 19.8. The van der Waals surface area contributed by atoms with E-state index in [-0.39, 0.29) is 27.9 Å². The second-order valence-electron chi connectivity index (χ2n) is 6.37. The quantitative estimate of drug-likeness (QED) is 0.525. The topological polar surface area (TPSA) is 76.9 Å². The second-order valence-corrected chi connectivity index (χ2v) is 7.27. The van der Waals surface area contributed by atoms with Gasteiger partial charge in [0.15, 0.2) is 5.13 Å². The zero-order valence-corrected chi connectivity index (χ0v) is 16.2. The number of benzene rings is 2. The summed E-state index contributed by atoms with van der Waals surface area (Å²) in [6.07, 6.45) is -3.01. The number of alkyl halides is 3. The lowest BCUT2D eigenvalue weighted by molar-refractivity contribution is -0.137. The molecule has 30 heavy (non-hydrogen) atoms. The van der Waals surface area contributed by atoms with Gasteiger partial charge in [0, 0.05) is 24.2 Å². The fraction of sp³-hybridized carbons (Fsp3) is 0.100. The van der Waals surface area contributed by atoms with Gasteiger partial charge in [-0.2, -0.15) is 13.2 Å². The zero-order chi connectivity index (χ0) is 21.5. The van der Waals surface area contributed by atoms with Gasteiger partial charge in [-0.3, -0.25) is 19.5 Å². The molecule has 0 unspecified atom stereocenters.